The Hall–Kier alpha value is -2.42. The lowest BCUT2D eigenvalue weighted by atomic mass is 10.0. The van der Waals surface area contributed by atoms with Gasteiger partial charge in [0.2, 0.25) is 11.8 Å². The van der Waals surface area contributed by atoms with E-state index in [4.69, 9.17) is 0 Å². The molecule has 1 aromatic carbocycles. The maximum atomic E-state index is 13.5. The molecule has 0 atom stereocenters. The van der Waals surface area contributed by atoms with Crippen molar-refractivity contribution >= 4 is 17.5 Å². The Morgan fingerprint density at radius 3 is 2.38 bits per heavy atom. The number of para-hydroxylation sites is 1. The van der Waals surface area contributed by atoms with Crippen molar-refractivity contribution in [3.63, 3.8) is 0 Å². The van der Waals surface area contributed by atoms with Crippen molar-refractivity contribution in [2.45, 2.75) is 19.8 Å². The molecule has 6 heteroatoms. The Morgan fingerprint density at radius 2 is 1.86 bits per heavy atom. The van der Waals surface area contributed by atoms with Crippen molar-refractivity contribution < 1.29 is 18.4 Å². The zero-order valence-corrected chi connectivity index (χ0v) is 11.4. The first-order chi connectivity index (χ1) is 10.0. The van der Waals surface area contributed by atoms with E-state index in [1.165, 1.54) is 6.07 Å². The molecule has 1 fully saturated rings. The third-order valence-corrected chi connectivity index (χ3v) is 3.33. The van der Waals surface area contributed by atoms with Gasteiger partial charge in [-0.2, -0.15) is 0 Å². The molecule has 1 aliphatic carbocycles. The highest BCUT2D eigenvalue weighted by molar-refractivity contribution is 6.13. The second-order valence-corrected chi connectivity index (χ2v) is 4.74. The molecule has 21 heavy (non-hydrogen) atoms. The van der Waals surface area contributed by atoms with Crippen LogP contribution in [0.2, 0.25) is 0 Å². The predicted octanol–water partition coefficient (Wildman–Crippen LogP) is 1.82. The molecule has 0 radical (unpaired) electrons. The minimum atomic E-state index is -1.25. The van der Waals surface area contributed by atoms with Crippen LogP contribution in [0.3, 0.4) is 0 Å². The van der Waals surface area contributed by atoms with E-state index in [0.29, 0.717) is 12.8 Å². The van der Waals surface area contributed by atoms with Crippen LogP contribution in [0.15, 0.2) is 18.2 Å². The van der Waals surface area contributed by atoms with E-state index in [1.54, 1.807) is 6.92 Å². The van der Waals surface area contributed by atoms with Crippen molar-refractivity contribution in [1.82, 2.24) is 5.32 Å². The number of amides is 2. The molecule has 1 saturated carbocycles. The van der Waals surface area contributed by atoms with Gasteiger partial charge in [-0.15, -0.1) is 5.92 Å². The van der Waals surface area contributed by atoms with Crippen molar-refractivity contribution in [2.24, 2.45) is 5.41 Å². The molecule has 2 rings (SSSR count). The Labute approximate surface area is 120 Å². The Kier molecular flexibility index (Phi) is 4.22. The van der Waals surface area contributed by atoms with Crippen LogP contribution in [-0.4, -0.2) is 18.4 Å². The first kappa shape index (κ1) is 15.0. The molecule has 2 amide bonds. The van der Waals surface area contributed by atoms with Crippen molar-refractivity contribution in [2.75, 3.05) is 11.9 Å². The summed E-state index contributed by atoms with van der Waals surface area (Å²) in [6.45, 7) is 1.77. The fourth-order valence-corrected chi connectivity index (χ4v) is 1.91. The summed E-state index contributed by atoms with van der Waals surface area (Å²) in [4.78, 5) is 24.1. The molecule has 0 bridgehead atoms. The topological polar surface area (TPSA) is 58.2 Å². The van der Waals surface area contributed by atoms with Gasteiger partial charge >= 0.3 is 0 Å². The number of anilines is 1. The standard InChI is InChI=1S/C15H14F2N2O2/c1-2-3-9-18-13(20)15(7-8-15)14(21)19-12-10(16)5-4-6-11(12)17/h4-6H,7-9H2,1H3,(H,18,20)(H,19,21). The summed E-state index contributed by atoms with van der Waals surface area (Å²) < 4.78 is 27.0. The van der Waals surface area contributed by atoms with Gasteiger partial charge in [-0.05, 0) is 31.9 Å². The van der Waals surface area contributed by atoms with Crippen LogP contribution in [0, 0.1) is 28.9 Å². The quantitative estimate of drug-likeness (QED) is 0.657. The van der Waals surface area contributed by atoms with Crippen LogP contribution in [0.1, 0.15) is 19.8 Å². The fraction of sp³-hybridized carbons (Fsp3) is 0.333. The summed E-state index contributed by atoms with van der Waals surface area (Å²) in [5, 5.41) is 4.69. The Morgan fingerprint density at radius 1 is 1.24 bits per heavy atom. The number of nitrogens with one attached hydrogen (secondary N) is 2. The van der Waals surface area contributed by atoms with Crippen LogP contribution < -0.4 is 10.6 Å². The molecule has 1 aliphatic rings. The lowest BCUT2D eigenvalue weighted by Gasteiger charge is -2.15. The molecule has 0 heterocycles. The van der Waals surface area contributed by atoms with Crippen molar-refractivity contribution in [1.29, 1.82) is 0 Å². The lowest BCUT2D eigenvalue weighted by molar-refractivity contribution is -0.134. The molecule has 1 aromatic rings. The minimum absolute atomic E-state index is 0.137. The van der Waals surface area contributed by atoms with Gasteiger partial charge in [0, 0.05) is 0 Å². The number of rotatable bonds is 4. The smallest absolute Gasteiger partial charge is 0.240 e. The van der Waals surface area contributed by atoms with Crippen LogP contribution in [-0.2, 0) is 9.59 Å². The highest BCUT2D eigenvalue weighted by Gasteiger charge is 2.56. The average Bonchev–Trinajstić information content (AvgIpc) is 3.24. The second kappa shape index (κ2) is 5.92. The molecule has 0 spiro atoms. The SMILES string of the molecule is CC#CCNC(=O)C1(C(=O)Nc2c(F)cccc2F)CC1. The third-order valence-electron chi connectivity index (χ3n) is 3.33. The van der Waals surface area contributed by atoms with E-state index >= 15 is 0 Å². The van der Waals surface area contributed by atoms with E-state index < -0.39 is 34.6 Å². The summed E-state index contributed by atoms with van der Waals surface area (Å²) >= 11 is 0. The summed E-state index contributed by atoms with van der Waals surface area (Å²) in [5.74, 6) is 2.34. The number of benzene rings is 1. The van der Waals surface area contributed by atoms with Crippen LogP contribution >= 0.6 is 0 Å². The highest BCUT2D eigenvalue weighted by Crippen LogP contribution is 2.47. The summed E-state index contributed by atoms with van der Waals surface area (Å²) in [6.07, 6.45) is 0.695. The minimum Gasteiger partial charge on any atom is -0.344 e. The summed E-state index contributed by atoms with van der Waals surface area (Å²) in [7, 11) is 0. The predicted molar refractivity (Wildman–Crippen MR) is 73.1 cm³/mol. The van der Waals surface area contributed by atoms with Crippen LogP contribution in [0.5, 0.6) is 0 Å². The van der Waals surface area contributed by atoms with Crippen LogP contribution in [0.25, 0.3) is 0 Å². The number of carbonyl (C=O) groups is 2. The zero-order chi connectivity index (χ0) is 15.5. The number of carbonyl (C=O) groups excluding carboxylic acids is 2. The van der Waals surface area contributed by atoms with Gasteiger partial charge in [0.05, 0.1) is 6.54 Å². The maximum absolute atomic E-state index is 13.5. The van der Waals surface area contributed by atoms with Gasteiger partial charge < -0.3 is 10.6 Å². The molecule has 4 nitrogen and oxygen atoms in total. The molecule has 0 aromatic heterocycles. The third kappa shape index (κ3) is 3.02. The van der Waals surface area contributed by atoms with Gasteiger partial charge in [0.15, 0.2) is 0 Å². The van der Waals surface area contributed by atoms with Gasteiger partial charge in [-0.3, -0.25) is 9.59 Å². The van der Waals surface area contributed by atoms with Gasteiger partial charge in [0.25, 0.3) is 0 Å². The van der Waals surface area contributed by atoms with Gasteiger partial charge in [-0.25, -0.2) is 8.78 Å². The van der Waals surface area contributed by atoms with E-state index in [-0.39, 0.29) is 6.54 Å². The molecule has 0 aliphatic heterocycles. The first-order valence-electron chi connectivity index (χ1n) is 6.44. The Bertz CT molecular complexity index is 623. The normalized spacial score (nSPS) is 14.6. The van der Waals surface area contributed by atoms with Gasteiger partial charge in [0.1, 0.15) is 22.7 Å². The maximum Gasteiger partial charge on any atom is 0.240 e. The van der Waals surface area contributed by atoms with Crippen LogP contribution in [0.4, 0.5) is 14.5 Å². The second-order valence-electron chi connectivity index (χ2n) is 4.74. The highest BCUT2D eigenvalue weighted by atomic mass is 19.1. The molecular weight excluding hydrogens is 278 g/mol. The Balaban J connectivity index is 2.09. The number of hydrogen-bond acceptors (Lipinski definition) is 2. The first-order valence-corrected chi connectivity index (χ1v) is 6.44. The number of halogens is 2. The van der Waals surface area contributed by atoms with E-state index in [0.717, 1.165) is 12.1 Å². The van der Waals surface area contributed by atoms with Gasteiger partial charge in [-0.1, -0.05) is 12.0 Å². The molecule has 0 saturated heterocycles. The molecular formula is C15H14F2N2O2. The van der Waals surface area contributed by atoms with E-state index in [9.17, 15) is 18.4 Å². The largest absolute Gasteiger partial charge is 0.344 e. The molecule has 0 unspecified atom stereocenters. The lowest BCUT2D eigenvalue weighted by Crippen LogP contribution is -2.40. The number of hydrogen-bond donors (Lipinski definition) is 2. The monoisotopic (exact) mass is 292 g/mol. The van der Waals surface area contributed by atoms with E-state index in [2.05, 4.69) is 22.5 Å². The fourth-order valence-electron chi connectivity index (χ4n) is 1.91. The van der Waals surface area contributed by atoms with Crippen molar-refractivity contribution in [3.05, 3.63) is 29.8 Å². The zero-order valence-electron chi connectivity index (χ0n) is 11.4. The molecule has 2 N–H and O–H groups in total. The summed E-state index contributed by atoms with van der Waals surface area (Å²) in [6, 6.07) is 3.27. The van der Waals surface area contributed by atoms with Crippen molar-refractivity contribution in [3.8, 4) is 11.8 Å². The van der Waals surface area contributed by atoms with E-state index in [1.807, 2.05) is 0 Å². The molecule has 110 valence electrons. The average molecular weight is 292 g/mol. The summed E-state index contributed by atoms with van der Waals surface area (Å²) in [5.41, 5.74) is -1.78.